The van der Waals surface area contributed by atoms with E-state index in [1.807, 2.05) is 83.1 Å². The van der Waals surface area contributed by atoms with Crippen LogP contribution < -0.4 is 10.6 Å². The zero-order valence-corrected chi connectivity index (χ0v) is 23.9. The second-order valence-electron chi connectivity index (χ2n) is 11.7. The number of aliphatic hydroxyl groups is 1. The van der Waals surface area contributed by atoms with E-state index in [4.69, 9.17) is 4.74 Å². The number of aliphatic hydroxyl groups excluding tert-OH is 1. The summed E-state index contributed by atoms with van der Waals surface area (Å²) in [5.74, 6) is -0.873. The van der Waals surface area contributed by atoms with Gasteiger partial charge in [0.25, 0.3) is 0 Å². The van der Waals surface area contributed by atoms with Crippen LogP contribution in [0.25, 0.3) is 0 Å². The van der Waals surface area contributed by atoms with Gasteiger partial charge >= 0.3 is 6.09 Å². The lowest BCUT2D eigenvalue weighted by atomic mass is 9.96. The average Bonchev–Trinajstić information content (AvgIpc) is 2.75. The molecule has 3 N–H and O–H groups in total. The fraction of sp³-hybridized carbons (Fsp3) is 0.500. The van der Waals surface area contributed by atoms with E-state index in [1.54, 1.807) is 20.8 Å². The summed E-state index contributed by atoms with van der Waals surface area (Å²) < 4.78 is 5.44. The molecule has 0 bridgehead atoms. The summed E-state index contributed by atoms with van der Waals surface area (Å²) in [5, 5.41) is 15.7. The van der Waals surface area contributed by atoms with Crippen LogP contribution in [0.3, 0.4) is 0 Å². The molecule has 0 heterocycles. The summed E-state index contributed by atoms with van der Waals surface area (Å²) in [4.78, 5) is 42.0. The first-order chi connectivity index (χ1) is 17.6. The first kappa shape index (κ1) is 30.8. The Bertz CT molecular complexity index is 1080. The second kappa shape index (κ2) is 12.9. The maximum Gasteiger partial charge on any atom is 0.408 e. The third kappa shape index (κ3) is 9.82. The largest absolute Gasteiger partial charge is 0.444 e. The number of aryl methyl sites for hydroxylation is 2. The molecule has 8 heteroatoms. The summed E-state index contributed by atoms with van der Waals surface area (Å²) in [5.41, 5.74) is 2.02. The lowest BCUT2D eigenvalue weighted by Gasteiger charge is -2.36. The zero-order valence-electron chi connectivity index (χ0n) is 23.9. The Balaban J connectivity index is 2.57. The van der Waals surface area contributed by atoms with Crippen molar-refractivity contribution >= 4 is 17.9 Å². The van der Waals surface area contributed by atoms with Crippen LogP contribution in [-0.2, 0) is 20.7 Å². The normalized spacial score (nSPS) is 13.3. The molecule has 0 aliphatic carbocycles. The standard InChI is InChI=1S/C30H43N3O5/c1-20-16-21(2)18-23(17-20)25(26(35)32-29(3,4)5)33(14-15-34)27(36)24(19-22-12-10-9-11-13-22)31-28(37)38-30(6,7)8/h9-13,16-18,24-25,34H,14-15,19H2,1-8H3,(H,31,37)(H,32,35). The number of alkyl carbamates (subject to hydrolysis) is 1. The molecule has 2 atom stereocenters. The number of ether oxygens (including phenoxy) is 1. The van der Waals surface area contributed by atoms with Crippen molar-refractivity contribution in [3.8, 4) is 0 Å². The second-order valence-corrected chi connectivity index (χ2v) is 11.7. The molecule has 2 rings (SSSR count). The molecule has 2 aromatic rings. The molecule has 0 radical (unpaired) electrons. The SMILES string of the molecule is Cc1cc(C)cc(C(C(=O)NC(C)(C)C)N(CCO)C(=O)C(Cc2ccccc2)NC(=O)OC(C)(C)C)c1. The molecule has 0 spiro atoms. The van der Waals surface area contributed by atoms with Crippen LogP contribution in [0.1, 0.15) is 69.8 Å². The van der Waals surface area contributed by atoms with Gasteiger partial charge in [0.2, 0.25) is 11.8 Å². The van der Waals surface area contributed by atoms with Gasteiger partial charge in [0.1, 0.15) is 17.7 Å². The van der Waals surface area contributed by atoms with Crippen LogP contribution >= 0.6 is 0 Å². The number of carbonyl (C=O) groups is 3. The number of nitrogens with one attached hydrogen (secondary N) is 2. The Morgan fingerprint density at radius 3 is 2.03 bits per heavy atom. The van der Waals surface area contributed by atoms with Crippen LogP contribution in [0.4, 0.5) is 4.79 Å². The molecule has 3 amide bonds. The van der Waals surface area contributed by atoms with Crippen molar-refractivity contribution in [2.75, 3.05) is 13.2 Å². The third-order valence-corrected chi connectivity index (χ3v) is 5.51. The summed E-state index contributed by atoms with van der Waals surface area (Å²) in [6, 6.07) is 13.0. The van der Waals surface area contributed by atoms with E-state index in [2.05, 4.69) is 10.6 Å². The van der Waals surface area contributed by atoms with Crippen molar-refractivity contribution in [3.05, 3.63) is 70.8 Å². The Hall–Kier alpha value is -3.39. The molecule has 208 valence electrons. The molecule has 0 saturated heterocycles. The fourth-order valence-electron chi connectivity index (χ4n) is 4.25. The summed E-state index contributed by atoms with van der Waals surface area (Å²) in [7, 11) is 0. The fourth-order valence-corrected chi connectivity index (χ4v) is 4.25. The van der Waals surface area contributed by atoms with Gasteiger partial charge in [-0.1, -0.05) is 59.7 Å². The predicted octanol–water partition coefficient (Wildman–Crippen LogP) is 4.22. The highest BCUT2D eigenvalue weighted by molar-refractivity contribution is 5.92. The van der Waals surface area contributed by atoms with E-state index in [0.717, 1.165) is 16.7 Å². The molecular weight excluding hydrogens is 482 g/mol. The van der Waals surface area contributed by atoms with Crippen LogP contribution in [-0.4, -0.2) is 58.2 Å². The minimum Gasteiger partial charge on any atom is -0.444 e. The van der Waals surface area contributed by atoms with Crippen molar-refractivity contribution in [3.63, 3.8) is 0 Å². The Morgan fingerprint density at radius 1 is 0.947 bits per heavy atom. The maximum atomic E-state index is 14.2. The molecule has 0 aliphatic heterocycles. The van der Waals surface area contributed by atoms with Gasteiger partial charge in [0, 0.05) is 18.5 Å². The molecule has 2 unspecified atom stereocenters. The number of hydrogen-bond donors (Lipinski definition) is 3. The molecule has 38 heavy (non-hydrogen) atoms. The zero-order chi connectivity index (χ0) is 28.7. The van der Waals surface area contributed by atoms with E-state index in [9.17, 15) is 19.5 Å². The quantitative estimate of drug-likeness (QED) is 0.454. The molecule has 8 nitrogen and oxygen atoms in total. The van der Waals surface area contributed by atoms with E-state index in [1.165, 1.54) is 4.90 Å². The first-order valence-electron chi connectivity index (χ1n) is 12.9. The van der Waals surface area contributed by atoms with Crippen LogP contribution in [0.2, 0.25) is 0 Å². The van der Waals surface area contributed by atoms with Crippen LogP contribution in [0.15, 0.2) is 48.5 Å². The lowest BCUT2D eigenvalue weighted by molar-refractivity contribution is -0.143. The van der Waals surface area contributed by atoms with E-state index in [-0.39, 0.29) is 25.5 Å². The van der Waals surface area contributed by atoms with Crippen molar-refractivity contribution in [1.82, 2.24) is 15.5 Å². The summed E-state index contributed by atoms with van der Waals surface area (Å²) >= 11 is 0. The highest BCUT2D eigenvalue weighted by atomic mass is 16.6. The number of amides is 3. The Labute approximate surface area is 226 Å². The van der Waals surface area contributed by atoms with Gasteiger partial charge in [0.05, 0.1) is 6.61 Å². The van der Waals surface area contributed by atoms with Crippen molar-refractivity contribution < 1.29 is 24.2 Å². The van der Waals surface area contributed by atoms with Gasteiger partial charge in [-0.05, 0) is 66.5 Å². The number of hydrogen-bond acceptors (Lipinski definition) is 5. The van der Waals surface area contributed by atoms with E-state index >= 15 is 0 Å². The highest BCUT2D eigenvalue weighted by Crippen LogP contribution is 2.26. The molecule has 0 fully saturated rings. The summed E-state index contributed by atoms with van der Waals surface area (Å²) in [6.07, 6.45) is -0.556. The number of carbonyl (C=O) groups excluding carboxylic acids is 3. The molecule has 0 saturated carbocycles. The molecule has 2 aromatic carbocycles. The summed E-state index contributed by atoms with van der Waals surface area (Å²) in [6.45, 7) is 14.2. The molecule has 0 aromatic heterocycles. The first-order valence-corrected chi connectivity index (χ1v) is 12.9. The lowest BCUT2D eigenvalue weighted by Crippen LogP contribution is -2.55. The van der Waals surface area contributed by atoms with Gasteiger partial charge in [-0.25, -0.2) is 4.79 Å². The van der Waals surface area contributed by atoms with Gasteiger partial charge in [0.15, 0.2) is 0 Å². The monoisotopic (exact) mass is 525 g/mol. The van der Waals surface area contributed by atoms with Crippen LogP contribution in [0, 0.1) is 13.8 Å². The van der Waals surface area contributed by atoms with Gasteiger partial charge < -0.3 is 25.4 Å². The highest BCUT2D eigenvalue weighted by Gasteiger charge is 2.37. The molecule has 0 aliphatic rings. The Kier molecular flexibility index (Phi) is 10.5. The maximum absolute atomic E-state index is 14.2. The number of rotatable bonds is 9. The van der Waals surface area contributed by atoms with Crippen LogP contribution in [0.5, 0.6) is 0 Å². The Morgan fingerprint density at radius 2 is 1.53 bits per heavy atom. The van der Waals surface area contributed by atoms with E-state index < -0.39 is 35.2 Å². The number of benzene rings is 2. The third-order valence-electron chi connectivity index (χ3n) is 5.51. The topological polar surface area (TPSA) is 108 Å². The van der Waals surface area contributed by atoms with Gasteiger partial charge in [-0.15, -0.1) is 0 Å². The van der Waals surface area contributed by atoms with Gasteiger partial charge in [-0.3, -0.25) is 9.59 Å². The van der Waals surface area contributed by atoms with Crippen molar-refractivity contribution in [2.45, 2.75) is 85.0 Å². The van der Waals surface area contributed by atoms with Crippen molar-refractivity contribution in [2.24, 2.45) is 0 Å². The molecular formula is C30H43N3O5. The average molecular weight is 526 g/mol. The van der Waals surface area contributed by atoms with Crippen molar-refractivity contribution in [1.29, 1.82) is 0 Å². The predicted molar refractivity (Wildman–Crippen MR) is 149 cm³/mol. The number of nitrogens with zero attached hydrogens (tertiary/aromatic N) is 1. The van der Waals surface area contributed by atoms with E-state index in [0.29, 0.717) is 5.56 Å². The van der Waals surface area contributed by atoms with Gasteiger partial charge in [-0.2, -0.15) is 0 Å². The smallest absolute Gasteiger partial charge is 0.408 e. The minimum atomic E-state index is -1.03. The minimum absolute atomic E-state index is 0.102.